The summed E-state index contributed by atoms with van der Waals surface area (Å²) in [4.78, 5) is 26.7. The lowest BCUT2D eigenvalue weighted by Gasteiger charge is -2.32. The molecule has 2 aromatic carbocycles. The molecular weight excluding hydrogens is 376 g/mol. The Labute approximate surface area is 169 Å². The van der Waals surface area contributed by atoms with Crippen molar-refractivity contribution >= 4 is 23.2 Å². The number of hydrogen-bond donors (Lipinski definition) is 1. The standard InChI is InChI=1S/C21H24N2O6/c1-6-23-15-8-7-14(11-16(15)29-12(2)21(23)25)22-20(24)13-9-17(26-3)19(28-5)18(10-13)27-4/h7-12H,6H2,1-5H3,(H,22,24). The van der Waals surface area contributed by atoms with E-state index in [9.17, 15) is 9.59 Å². The van der Waals surface area contributed by atoms with Gasteiger partial charge >= 0.3 is 0 Å². The van der Waals surface area contributed by atoms with Gasteiger partial charge in [-0.15, -0.1) is 0 Å². The molecule has 0 aliphatic carbocycles. The van der Waals surface area contributed by atoms with Crippen LogP contribution in [0, 0.1) is 0 Å². The number of carbonyl (C=O) groups excluding carboxylic acids is 2. The lowest BCUT2D eigenvalue weighted by Crippen LogP contribution is -2.44. The number of amides is 2. The summed E-state index contributed by atoms with van der Waals surface area (Å²) in [6, 6.07) is 8.34. The number of nitrogens with zero attached hydrogens (tertiary/aromatic N) is 1. The molecule has 0 bridgehead atoms. The Balaban J connectivity index is 1.89. The van der Waals surface area contributed by atoms with E-state index in [0.717, 1.165) is 0 Å². The van der Waals surface area contributed by atoms with Crippen LogP contribution in [0.1, 0.15) is 24.2 Å². The Morgan fingerprint density at radius 2 is 1.76 bits per heavy atom. The van der Waals surface area contributed by atoms with Gasteiger partial charge in [0.15, 0.2) is 17.6 Å². The second-order valence-electron chi connectivity index (χ2n) is 6.39. The zero-order valence-corrected chi connectivity index (χ0v) is 17.1. The maximum atomic E-state index is 12.8. The summed E-state index contributed by atoms with van der Waals surface area (Å²) >= 11 is 0. The minimum atomic E-state index is -0.580. The molecule has 3 rings (SSSR count). The topological polar surface area (TPSA) is 86.3 Å². The van der Waals surface area contributed by atoms with Gasteiger partial charge in [0.25, 0.3) is 11.8 Å². The van der Waals surface area contributed by atoms with Crippen molar-refractivity contribution in [1.29, 1.82) is 0 Å². The average Bonchev–Trinajstić information content (AvgIpc) is 2.73. The van der Waals surface area contributed by atoms with Crippen molar-refractivity contribution < 1.29 is 28.5 Å². The van der Waals surface area contributed by atoms with Crippen LogP contribution >= 0.6 is 0 Å². The number of fused-ring (bicyclic) bond motifs is 1. The van der Waals surface area contributed by atoms with E-state index < -0.39 is 6.10 Å². The van der Waals surface area contributed by atoms with E-state index in [-0.39, 0.29) is 11.8 Å². The summed E-state index contributed by atoms with van der Waals surface area (Å²) in [6.07, 6.45) is -0.580. The van der Waals surface area contributed by atoms with Crippen molar-refractivity contribution in [3.63, 3.8) is 0 Å². The van der Waals surface area contributed by atoms with E-state index in [0.29, 0.717) is 46.5 Å². The Morgan fingerprint density at radius 3 is 2.31 bits per heavy atom. The molecule has 0 saturated heterocycles. The first-order valence-corrected chi connectivity index (χ1v) is 9.16. The van der Waals surface area contributed by atoms with E-state index in [1.165, 1.54) is 21.3 Å². The van der Waals surface area contributed by atoms with Crippen LogP contribution in [0.25, 0.3) is 0 Å². The summed E-state index contributed by atoms with van der Waals surface area (Å²) in [5, 5.41) is 2.83. The van der Waals surface area contributed by atoms with Gasteiger partial charge in [-0.2, -0.15) is 0 Å². The summed E-state index contributed by atoms with van der Waals surface area (Å²) in [6.45, 7) is 4.14. The maximum Gasteiger partial charge on any atom is 0.267 e. The number of ether oxygens (including phenoxy) is 4. The highest BCUT2D eigenvalue weighted by Crippen LogP contribution is 2.39. The lowest BCUT2D eigenvalue weighted by atomic mass is 10.1. The minimum Gasteiger partial charge on any atom is -0.493 e. The smallest absolute Gasteiger partial charge is 0.267 e. The number of anilines is 2. The third-order valence-electron chi connectivity index (χ3n) is 4.67. The fraction of sp³-hybridized carbons (Fsp3) is 0.333. The quantitative estimate of drug-likeness (QED) is 0.802. The van der Waals surface area contributed by atoms with E-state index in [2.05, 4.69) is 5.32 Å². The van der Waals surface area contributed by atoms with Crippen LogP contribution in [-0.4, -0.2) is 45.8 Å². The second kappa shape index (κ2) is 8.30. The van der Waals surface area contributed by atoms with Crippen LogP contribution in [0.4, 0.5) is 11.4 Å². The second-order valence-corrected chi connectivity index (χ2v) is 6.39. The third-order valence-corrected chi connectivity index (χ3v) is 4.67. The molecule has 0 spiro atoms. The van der Waals surface area contributed by atoms with Crippen LogP contribution in [-0.2, 0) is 4.79 Å². The van der Waals surface area contributed by atoms with Gasteiger partial charge in [-0.05, 0) is 38.1 Å². The minimum absolute atomic E-state index is 0.0887. The monoisotopic (exact) mass is 400 g/mol. The first kappa shape index (κ1) is 20.3. The maximum absolute atomic E-state index is 12.8. The Morgan fingerprint density at radius 1 is 1.10 bits per heavy atom. The first-order chi connectivity index (χ1) is 13.9. The molecule has 0 radical (unpaired) electrons. The zero-order chi connectivity index (χ0) is 21.1. The van der Waals surface area contributed by atoms with Crippen LogP contribution < -0.4 is 29.2 Å². The third kappa shape index (κ3) is 3.78. The van der Waals surface area contributed by atoms with Crippen molar-refractivity contribution in [3.05, 3.63) is 35.9 Å². The van der Waals surface area contributed by atoms with Crippen LogP contribution in [0.5, 0.6) is 23.0 Å². The Hall–Kier alpha value is -3.42. The first-order valence-electron chi connectivity index (χ1n) is 9.16. The number of hydrogen-bond acceptors (Lipinski definition) is 6. The van der Waals surface area contributed by atoms with E-state index in [1.807, 2.05) is 6.92 Å². The molecule has 2 aromatic rings. The molecule has 1 heterocycles. The molecule has 1 aliphatic heterocycles. The van der Waals surface area contributed by atoms with Gasteiger partial charge in [-0.1, -0.05) is 0 Å². The van der Waals surface area contributed by atoms with Crippen molar-refractivity contribution in [2.75, 3.05) is 38.1 Å². The molecular formula is C21H24N2O6. The number of carbonyl (C=O) groups is 2. The molecule has 8 nitrogen and oxygen atoms in total. The van der Waals surface area contributed by atoms with Crippen LogP contribution in [0.3, 0.4) is 0 Å². The summed E-state index contributed by atoms with van der Waals surface area (Å²) < 4.78 is 21.6. The van der Waals surface area contributed by atoms with E-state index in [4.69, 9.17) is 18.9 Å². The van der Waals surface area contributed by atoms with Gasteiger partial charge in [0.1, 0.15) is 5.75 Å². The molecule has 1 atom stereocenters. The molecule has 2 amide bonds. The molecule has 1 N–H and O–H groups in total. The van der Waals surface area contributed by atoms with Gasteiger partial charge in [-0.3, -0.25) is 9.59 Å². The summed E-state index contributed by atoms with van der Waals surface area (Å²) in [5.41, 5.74) is 1.57. The molecule has 0 saturated carbocycles. The number of benzene rings is 2. The highest BCUT2D eigenvalue weighted by Gasteiger charge is 2.30. The van der Waals surface area contributed by atoms with Crippen LogP contribution in [0.15, 0.2) is 30.3 Å². The van der Waals surface area contributed by atoms with Crippen molar-refractivity contribution in [3.8, 4) is 23.0 Å². The van der Waals surface area contributed by atoms with Crippen molar-refractivity contribution in [2.24, 2.45) is 0 Å². The molecule has 1 unspecified atom stereocenters. The zero-order valence-electron chi connectivity index (χ0n) is 17.1. The molecule has 8 heteroatoms. The average molecular weight is 400 g/mol. The Kier molecular flexibility index (Phi) is 5.81. The highest BCUT2D eigenvalue weighted by molar-refractivity contribution is 6.06. The summed E-state index contributed by atoms with van der Waals surface area (Å²) in [5.74, 6) is 1.28. The number of nitrogens with one attached hydrogen (secondary N) is 1. The number of rotatable bonds is 6. The normalized spacial score (nSPS) is 15.3. The molecule has 154 valence electrons. The van der Waals surface area contributed by atoms with Gasteiger partial charge in [0, 0.05) is 23.9 Å². The highest BCUT2D eigenvalue weighted by atomic mass is 16.5. The van der Waals surface area contributed by atoms with Crippen LogP contribution in [0.2, 0.25) is 0 Å². The van der Waals surface area contributed by atoms with Crippen molar-refractivity contribution in [1.82, 2.24) is 0 Å². The van der Waals surface area contributed by atoms with E-state index in [1.54, 1.807) is 42.2 Å². The Bertz CT molecular complexity index is 918. The molecule has 0 fully saturated rings. The summed E-state index contributed by atoms with van der Waals surface area (Å²) in [7, 11) is 4.47. The molecule has 0 aromatic heterocycles. The van der Waals surface area contributed by atoms with Gasteiger partial charge in [-0.25, -0.2) is 0 Å². The predicted octanol–water partition coefficient (Wildman–Crippen LogP) is 3.10. The van der Waals surface area contributed by atoms with E-state index >= 15 is 0 Å². The predicted molar refractivity (Wildman–Crippen MR) is 109 cm³/mol. The fourth-order valence-corrected chi connectivity index (χ4v) is 3.23. The number of methoxy groups -OCH3 is 3. The fourth-order valence-electron chi connectivity index (χ4n) is 3.23. The van der Waals surface area contributed by atoms with Gasteiger partial charge in [0.05, 0.1) is 27.0 Å². The SMILES string of the molecule is CCN1C(=O)C(C)Oc2cc(NC(=O)c3cc(OC)c(OC)c(OC)c3)ccc21. The van der Waals surface area contributed by atoms with Gasteiger partial charge < -0.3 is 29.2 Å². The number of likely N-dealkylation sites (N-methyl/N-ethyl adjacent to an activating group) is 1. The van der Waals surface area contributed by atoms with Crippen molar-refractivity contribution in [2.45, 2.75) is 20.0 Å². The van der Waals surface area contributed by atoms with Gasteiger partial charge in [0.2, 0.25) is 5.75 Å². The largest absolute Gasteiger partial charge is 0.493 e. The lowest BCUT2D eigenvalue weighted by molar-refractivity contribution is -0.125. The molecule has 1 aliphatic rings. The molecule has 29 heavy (non-hydrogen) atoms.